The lowest BCUT2D eigenvalue weighted by Gasteiger charge is -2.04. The van der Waals surface area contributed by atoms with E-state index in [1.165, 1.54) is 0 Å². The molecule has 2 N–H and O–H groups in total. The Balaban J connectivity index is 2.07. The molecule has 0 fully saturated rings. The van der Waals surface area contributed by atoms with Crippen LogP contribution in [0.5, 0.6) is 0 Å². The van der Waals surface area contributed by atoms with Gasteiger partial charge in [0.15, 0.2) is 5.65 Å². The molecular weight excluding hydrogens is 248 g/mol. The number of rotatable bonds is 3. The number of aromatic amines is 1. The van der Waals surface area contributed by atoms with Crippen molar-refractivity contribution in [3.63, 3.8) is 0 Å². The largest absolute Gasteiger partial charge is 0.357 e. The molecule has 0 aliphatic rings. The highest BCUT2D eigenvalue weighted by Crippen LogP contribution is 2.30. The van der Waals surface area contributed by atoms with Crippen LogP contribution in [0.15, 0.2) is 40.8 Å². The summed E-state index contributed by atoms with van der Waals surface area (Å²) in [4.78, 5) is 21.0. The predicted molar refractivity (Wildman–Crippen MR) is 69.6 cm³/mol. The molecule has 0 bridgehead atoms. The number of anilines is 1. The number of hydrogen-bond donors (Lipinski definition) is 2. The summed E-state index contributed by atoms with van der Waals surface area (Å²) in [6.45, 7) is 0. The summed E-state index contributed by atoms with van der Waals surface area (Å²) in [7, 11) is 1.79. The van der Waals surface area contributed by atoms with Gasteiger partial charge in [-0.1, -0.05) is 11.8 Å². The average Bonchev–Trinajstić information content (AvgIpc) is 2.88. The average molecular weight is 258 g/mol. The van der Waals surface area contributed by atoms with Crippen molar-refractivity contribution in [1.82, 2.24) is 24.9 Å². The van der Waals surface area contributed by atoms with E-state index >= 15 is 0 Å². The molecule has 3 heterocycles. The van der Waals surface area contributed by atoms with Gasteiger partial charge >= 0.3 is 0 Å². The van der Waals surface area contributed by atoms with E-state index in [4.69, 9.17) is 0 Å². The van der Waals surface area contributed by atoms with Crippen LogP contribution >= 0.6 is 11.8 Å². The van der Waals surface area contributed by atoms with Crippen LogP contribution in [0, 0.1) is 0 Å². The van der Waals surface area contributed by atoms with Crippen molar-refractivity contribution in [3.05, 3.63) is 30.9 Å². The first kappa shape index (κ1) is 11.0. The van der Waals surface area contributed by atoms with Crippen molar-refractivity contribution in [2.75, 3.05) is 12.4 Å². The molecule has 0 spiro atoms. The van der Waals surface area contributed by atoms with Crippen LogP contribution in [0.25, 0.3) is 11.2 Å². The number of imidazole rings is 1. The first-order chi connectivity index (χ1) is 8.86. The van der Waals surface area contributed by atoms with E-state index in [1.54, 1.807) is 37.5 Å². The topological polar surface area (TPSA) is 79.4 Å². The van der Waals surface area contributed by atoms with E-state index in [0.717, 1.165) is 15.4 Å². The number of hydrogen-bond acceptors (Lipinski definition) is 6. The molecule has 3 rings (SSSR count). The van der Waals surface area contributed by atoms with Gasteiger partial charge in [0.25, 0.3) is 0 Å². The summed E-state index contributed by atoms with van der Waals surface area (Å²) >= 11 is 1.55. The van der Waals surface area contributed by atoms with E-state index in [9.17, 15) is 0 Å². The highest BCUT2D eigenvalue weighted by Gasteiger charge is 2.10. The Morgan fingerprint density at radius 1 is 1.22 bits per heavy atom. The third kappa shape index (κ3) is 2.00. The van der Waals surface area contributed by atoms with Crippen molar-refractivity contribution in [2.45, 2.75) is 9.92 Å². The van der Waals surface area contributed by atoms with Gasteiger partial charge in [-0.25, -0.2) is 9.97 Å². The first-order valence-electron chi connectivity index (χ1n) is 5.33. The minimum absolute atomic E-state index is 0.561. The Kier molecular flexibility index (Phi) is 2.81. The summed E-state index contributed by atoms with van der Waals surface area (Å²) in [5, 5.41) is 3.77. The van der Waals surface area contributed by atoms with Crippen LogP contribution in [-0.2, 0) is 0 Å². The molecule has 0 saturated heterocycles. The molecule has 0 saturated carbocycles. The lowest BCUT2D eigenvalue weighted by Crippen LogP contribution is -1.98. The highest BCUT2D eigenvalue weighted by atomic mass is 32.2. The van der Waals surface area contributed by atoms with Gasteiger partial charge in [-0.15, -0.1) is 0 Å². The van der Waals surface area contributed by atoms with Crippen molar-refractivity contribution < 1.29 is 0 Å². The van der Waals surface area contributed by atoms with Crippen LogP contribution in [0.1, 0.15) is 0 Å². The van der Waals surface area contributed by atoms with E-state index in [-0.39, 0.29) is 0 Å². The third-order valence-electron chi connectivity index (χ3n) is 2.34. The van der Waals surface area contributed by atoms with E-state index in [2.05, 4.69) is 30.2 Å². The Bertz CT molecular complexity index is 666. The normalized spacial score (nSPS) is 10.7. The maximum atomic E-state index is 4.44. The van der Waals surface area contributed by atoms with Gasteiger partial charge in [0.1, 0.15) is 10.5 Å². The Morgan fingerprint density at radius 2 is 2.06 bits per heavy atom. The van der Waals surface area contributed by atoms with E-state index in [0.29, 0.717) is 11.6 Å². The molecule has 3 aromatic rings. The van der Waals surface area contributed by atoms with Crippen LogP contribution in [0.3, 0.4) is 0 Å². The smallest absolute Gasteiger partial charge is 0.225 e. The van der Waals surface area contributed by atoms with Gasteiger partial charge in [0.05, 0.1) is 6.33 Å². The number of H-pyrrole nitrogens is 1. The molecule has 90 valence electrons. The lowest BCUT2D eigenvalue weighted by atomic mass is 10.5. The fraction of sp³-hybridized carbons (Fsp3) is 0.0909. The minimum atomic E-state index is 0.561. The summed E-state index contributed by atoms with van der Waals surface area (Å²) < 4.78 is 0. The minimum Gasteiger partial charge on any atom is -0.357 e. The van der Waals surface area contributed by atoms with Crippen LogP contribution in [-0.4, -0.2) is 32.0 Å². The summed E-state index contributed by atoms with van der Waals surface area (Å²) in [5.41, 5.74) is 1.50. The Hall–Kier alpha value is -2.15. The molecule has 0 aromatic carbocycles. The highest BCUT2D eigenvalue weighted by molar-refractivity contribution is 7.99. The zero-order valence-electron chi connectivity index (χ0n) is 9.58. The monoisotopic (exact) mass is 258 g/mol. The van der Waals surface area contributed by atoms with Crippen molar-refractivity contribution in [1.29, 1.82) is 0 Å². The molecule has 0 aliphatic heterocycles. The quantitative estimate of drug-likeness (QED) is 0.699. The first-order valence-corrected chi connectivity index (χ1v) is 6.15. The van der Waals surface area contributed by atoms with E-state index in [1.807, 2.05) is 12.1 Å². The number of pyridine rings is 1. The molecule has 0 aliphatic carbocycles. The van der Waals surface area contributed by atoms with Gasteiger partial charge < -0.3 is 10.3 Å². The van der Waals surface area contributed by atoms with Crippen molar-refractivity contribution in [3.8, 4) is 0 Å². The van der Waals surface area contributed by atoms with Crippen LogP contribution in [0.4, 0.5) is 5.95 Å². The molecule has 7 heteroatoms. The zero-order valence-corrected chi connectivity index (χ0v) is 10.4. The van der Waals surface area contributed by atoms with Gasteiger partial charge in [-0.3, -0.25) is 4.98 Å². The molecule has 3 aromatic heterocycles. The van der Waals surface area contributed by atoms with Crippen LogP contribution < -0.4 is 5.32 Å². The van der Waals surface area contributed by atoms with Crippen molar-refractivity contribution in [2.24, 2.45) is 0 Å². The van der Waals surface area contributed by atoms with Gasteiger partial charge in [-0.05, 0) is 12.1 Å². The number of nitrogens with zero attached hydrogens (tertiary/aromatic N) is 4. The fourth-order valence-electron chi connectivity index (χ4n) is 1.51. The number of aromatic nitrogens is 5. The van der Waals surface area contributed by atoms with Gasteiger partial charge in [-0.2, -0.15) is 4.98 Å². The molecule has 18 heavy (non-hydrogen) atoms. The van der Waals surface area contributed by atoms with E-state index < -0.39 is 0 Å². The second-order valence-electron chi connectivity index (χ2n) is 3.49. The maximum Gasteiger partial charge on any atom is 0.225 e. The summed E-state index contributed by atoms with van der Waals surface area (Å²) in [5.74, 6) is 0.561. The Morgan fingerprint density at radius 3 is 2.83 bits per heavy atom. The molecular formula is C11H10N6S. The molecule has 0 atom stereocenters. The summed E-state index contributed by atoms with van der Waals surface area (Å²) in [6, 6.07) is 3.88. The number of nitrogens with one attached hydrogen (secondary N) is 2. The number of fused-ring (bicyclic) bond motifs is 1. The SMILES string of the molecule is CNc1nc(Sc2ccncc2)c2[nH]cnc2n1. The second kappa shape index (κ2) is 4.61. The third-order valence-corrected chi connectivity index (χ3v) is 3.34. The Labute approximate surface area is 107 Å². The standard InChI is InChI=1S/C11H10N6S/c1-12-11-16-9-8(14-6-15-9)10(17-11)18-7-2-4-13-5-3-7/h2-6H,1H3,(H2,12,14,15,16,17). The molecule has 0 unspecified atom stereocenters. The van der Waals surface area contributed by atoms with Gasteiger partial charge in [0, 0.05) is 24.3 Å². The lowest BCUT2D eigenvalue weighted by molar-refractivity contribution is 1.08. The predicted octanol–water partition coefficient (Wildman–Crippen LogP) is 1.94. The maximum absolute atomic E-state index is 4.44. The van der Waals surface area contributed by atoms with Gasteiger partial charge in [0.2, 0.25) is 5.95 Å². The van der Waals surface area contributed by atoms with Crippen molar-refractivity contribution >= 4 is 28.9 Å². The summed E-state index contributed by atoms with van der Waals surface area (Å²) in [6.07, 6.45) is 5.13. The zero-order chi connectivity index (χ0) is 12.4. The second-order valence-corrected chi connectivity index (χ2v) is 4.55. The molecule has 6 nitrogen and oxygen atoms in total. The van der Waals surface area contributed by atoms with Crippen LogP contribution in [0.2, 0.25) is 0 Å². The molecule has 0 radical (unpaired) electrons. The fourth-order valence-corrected chi connectivity index (χ4v) is 2.38. The molecule has 0 amide bonds.